The molecule has 1 aromatic carbocycles. The van der Waals surface area contributed by atoms with Gasteiger partial charge in [0, 0.05) is 17.8 Å². The molecule has 2 heterocycles. The Kier molecular flexibility index (Phi) is 4.71. The third-order valence-corrected chi connectivity index (χ3v) is 3.67. The van der Waals surface area contributed by atoms with E-state index in [9.17, 15) is 18.0 Å². The summed E-state index contributed by atoms with van der Waals surface area (Å²) in [6, 6.07) is 9.77. The molecule has 2 aromatic heterocycles. The quantitative estimate of drug-likeness (QED) is 0.735. The van der Waals surface area contributed by atoms with Crippen molar-refractivity contribution in [3.8, 4) is 0 Å². The van der Waals surface area contributed by atoms with Crippen molar-refractivity contribution in [2.45, 2.75) is 13.1 Å². The number of halogens is 3. The molecular formula is C19H14F3N3O. The van der Waals surface area contributed by atoms with Crippen molar-refractivity contribution in [1.29, 1.82) is 0 Å². The van der Waals surface area contributed by atoms with Crippen molar-refractivity contribution in [2.75, 3.05) is 5.32 Å². The lowest BCUT2D eigenvalue weighted by molar-refractivity contribution is -0.0790. The number of hydrogen-bond acceptors (Lipinski definition) is 3. The molecule has 0 saturated carbocycles. The average molecular weight is 357 g/mol. The lowest BCUT2D eigenvalue weighted by Gasteiger charge is -2.09. The Morgan fingerprint density at radius 2 is 1.92 bits per heavy atom. The number of aromatic nitrogens is 2. The minimum Gasteiger partial charge on any atom is -0.321 e. The van der Waals surface area contributed by atoms with Crippen molar-refractivity contribution in [3.63, 3.8) is 0 Å². The molecule has 1 amide bonds. The number of amides is 1. The summed E-state index contributed by atoms with van der Waals surface area (Å²) in [6.45, 7) is 1.67. The zero-order valence-electron chi connectivity index (χ0n) is 13.7. The predicted octanol–water partition coefficient (Wildman–Crippen LogP) is 4.77. The Labute approximate surface area is 147 Å². The lowest BCUT2D eigenvalue weighted by atomic mass is 10.0. The van der Waals surface area contributed by atoms with E-state index in [0.29, 0.717) is 33.4 Å². The number of nitrogens with one attached hydrogen (secondary N) is 1. The second-order valence-electron chi connectivity index (χ2n) is 5.67. The molecule has 0 radical (unpaired) electrons. The third-order valence-electron chi connectivity index (χ3n) is 3.67. The molecule has 7 heteroatoms. The molecule has 0 aliphatic heterocycles. The van der Waals surface area contributed by atoms with E-state index in [1.165, 1.54) is 24.4 Å². The van der Waals surface area contributed by atoms with Crippen molar-refractivity contribution in [2.24, 2.45) is 0 Å². The topological polar surface area (TPSA) is 54.9 Å². The number of nitrogens with zero attached hydrogens (tertiary/aromatic N) is 2. The molecule has 26 heavy (non-hydrogen) atoms. The van der Waals surface area contributed by atoms with E-state index in [1.807, 2.05) is 6.07 Å². The van der Waals surface area contributed by atoms with Crippen LogP contribution < -0.4 is 5.32 Å². The van der Waals surface area contributed by atoms with Gasteiger partial charge in [0.1, 0.15) is 0 Å². The Balaban J connectivity index is 1.79. The first-order valence-electron chi connectivity index (χ1n) is 7.70. The largest absolute Gasteiger partial charge is 0.409 e. The molecular weight excluding hydrogens is 343 g/mol. The second kappa shape index (κ2) is 6.95. The van der Waals surface area contributed by atoms with Crippen LogP contribution >= 0.6 is 0 Å². The van der Waals surface area contributed by atoms with Gasteiger partial charge in [0.2, 0.25) is 0 Å². The molecule has 0 spiro atoms. The number of benzene rings is 1. The normalized spacial score (nSPS) is 11.8. The van der Waals surface area contributed by atoms with Crippen molar-refractivity contribution < 1.29 is 18.0 Å². The zero-order chi connectivity index (χ0) is 18.7. The number of carbonyl (C=O) groups excluding carboxylic acids is 1. The van der Waals surface area contributed by atoms with Gasteiger partial charge in [0.25, 0.3) is 5.91 Å². The van der Waals surface area contributed by atoms with Crippen LogP contribution in [0, 0.1) is 6.92 Å². The van der Waals surface area contributed by atoms with E-state index in [4.69, 9.17) is 0 Å². The molecule has 1 N–H and O–H groups in total. The maximum atomic E-state index is 12.4. The van der Waals surface area contributed by atoms with Crippen molar-refractivity contribution in [3.05, 3.63) is 71.6 Å². The van der Waals surface area contributed by atoms with Crippen molar-refractivity contribution in [1.82, 2.24) is 9.97 Å². The smallest absolute Gasteiger partial charge is 0.321 e. The number of anilines is 1. The number of fused-ring (bicyclic) bond motifs is 1. The fourth-order valence-corrected chi connectivity index (χ4v) is 2.46. The summed E-state index contributed by atoms with van der Waals surface area (Å²) in [4.78, 5) is 20.8. The van der Waals surface area contributed by atoms with Gasteiger partial charge in [0.15, 0.2) is 0 Å². The van der Waals surface area contributed by atoms with Gasteiger partial charge in [0.05, 0.1) is 22.9 Å². The van der Waals surface area contributed by atoms with E-state index < -0.39 is 6.18 Å². The number of alkyl halides is 3. The fourth-order valence-electron chi connectivity index (χ4n) is 2.46. The molecule has 132 valence electrons. The molecule has 0 fully saturated rings. The van der Waals surface area contributed by atoms with Gasteiger partial charge in [-0.3, -0.25) is 14.8 Å². The molecule has 0 aliphatic rings. The molecule has 0 unspecified atom stereocenters. The number of aryl methyl sites for hydroxylation is 1. The molecule has 3 rings (SSSR count). The van der Waals surface area contributed by atoms with Crippen LogP contribution in [-0.4, -0.2) is 22.1 Å². The molecule has 0 saturated heterocycles. The summed E-state index contributed by atoms with van der Waals surface area (Å²) in [5, 5.41) is 2.73. The molecule has 3 aromatic rings. The maximum Gasteiger partial charge on any atom is 0.409 e. The Hall–Kier alpha value is -3.22. The number of allylic oxidation sites excluding steroid dienone is 1. The van der Waals surface area contributed by atoms with Crippen LogP contribution in [0.4, 0.5) is 18.9 Å². The minimum absolute atomic E-state index is 0.162. The number of hydrogen-bond donors (Lipinski definition) is 1. The summed E-state index contributed by atoms with van der Waals surface area (Å²) < 4.78 is 36.7. The summed E-state index contributed by atoms with van der Waals surface area (Å²) in [5.41, 5.74) is 3.15. The minimum atomic E-state index is -4.37. The third kappa shape index (κ3) is 4.24. The van der Waals surface area contributed by atoms with Crippen LogP contribution in [0.2, 0.25) is 0 Å². The number of pyridine rings is 2. The van der Waals surface area contributed by atoms with Gasteiger partial charge < -0.3 is 5.32 Å². The van der Waals surface area contributed by atoms with Crippen LogP contribution in [0.5, 0.6) is 0 Å². The summed E-state index contributed by atoms with van der Waals surface area (Å²) in [7, 11) is 0. The van der Waals surface area contributed by atoms with Gasteiger partial charge in [-0.1, -0.05) is 18.2 Å². The van der Waals surface area contributed by atoms with Crippen molar-refractivity contribution >= 4 is 28.7 Å². The van der Waals surface area contributed by atoms with Crippen LogP contribution in [-0.2, 0) is 0 Å². The van der Waals surface area contributed by atoms with Crippen LogP contribution in [0.3, 0.4) is 0 Å². The SMILES string of the molecule is Cc1cc(/C=C/C(F)(F)F)ccc1C(=O)Nc1cnc2cccnc2c1. The Morgan fingerprint density at radius 1 is 1.12 bits per heavy atom. The standard InChI is InChI=1S/C19H14F3N3O/c1-12-9-13(6-7-19(20,21)22)4-5-15(12)18(26)25-14-10-17-16(24-11-14)3-2-8-23-17/h2-11H,1H3,(H,25,26)/b7-6+. The van der Waals surface area contributed by atoms with Crippen LogP contribution in [0.25, 0.3) is 17.1 Å². The van der Waals surface area contributed by atoms with Crippen LogP contribution in [0.1, 0.15) is 21.5 Å². The highest BCUT2D eigenvalue weighted by Crippen LogP contribution is 2.20. The predicted molar refractivity (Wildman–Crippen MR) is 93.8 cm³/mol. The first kappa shape index (κ1) is 17.6. The molecule has 0 aliphatic carbocycles. The molecule has 0 atom stereocenters. The van der Waals surface area contributed by atoms with E-state index in [2.05, 4.69) is 15.3 Å². The highest BCUT2D eigenvalue weighted by Gasteiger charge is 2.21. The van der Waals surface area contributed by atoms with Gasteiger partial charge in [-0.05, 0) is 42.3 Å². The summed E-state index contributed by atoms with van der Waals surface area (Å²) >= 11 is 0. The Morgan fingerprint density at radius 3 is 2.65 bits per heavy atom. The first-order chi connectivity index (χ1) is 12.3. The first-order valence-corrected chi connectivity index (χ1v) is 7.70. The monoisotopic (exact) mass is 357 g/mol. The van der Waals surface area contributed by atoms with E-state index >= 15 is 0 Å². The highest BCUT2D eigenvalue weighted by molar-refractivity contribution is 6.05. The average Bonchev–Trinajstić information content (AvgIpc) is 2.59. The van der Waals surface area contributed by atoms with Gasteiger partial charge in [-0.15, -0.1) is 0 Å². The molecule has 4 nitrogen and oxygen atoms in total. The summed E-state index contributed by atoms with van der Waals surface area (Å²) in [6.07, 6.45) is -0.0887. The second-order valence-corrected chi connectivity index (χ2v) is 5.67. The van der Waals surface area contributed by atoms with E-state index in [-0.39, 0.29) is 12.0 Å². The van der Waals surface area contributed by atoms with E-state index in [1.54, 1.807) is 25.3 Å². The maximum absolute atomic E-state index is 12.4. The highest BCUT2D eigenvalue weighted by atomic mass is 19.4. The van der Waals surface area contributed by atoms with Crippen LogP contribution in [0.15, 0.2) is 54.9 Å². The number of rotatable bonds is 3. The molecule has 0 bridgehead atoms. The fraction of sp³-hybridized carbons (Fsp3) is 0.105. The Bertz CT molecular complexity index is 997. The van der Waals surface area contributed by atoms with Gasteiger partial charge in [-0.2, -0.15) is 13.2 Å². The lowest BCUT2D eigenvalue weighted by Crippen LogP contribution is -2.13. The van der Waals surface area contributed by atoms with Gasteiger partial charge >= 0.3 is 6.18 Å². The summed E-state index contributed by atoms with van der Waals surface area (Å²) in [5.74, 6) is -0.370. The van der Waals surface area contributed by atoms with Gasteiger partial charge in [-0.25, -0.2) is 0 Å². The zero-order valence-corrected chi connectivity index (χ0v) is 13.7. The van der Waals surface area contributed by atoms with E-state index in [0.717, 1.165) is 6.08 Å². The number of carbonyl (C=O) groups is 1.